The van der Waals surface area contributed by atoms with Crippen LogP contribution in [0, 0.1) is 11.2 Å². The molecule has 0 radical (unpaired) electrons. The number of nitrogens with zero attached hydrogens (tertiary/aromatic N) is 1. The first kappa shape index (κ1) is 14.0. The molecule has 0 unspecified atom stereocenters. The molecule has 2 aromatic rings. The van der Waals surface area contributed by atoms with Crippen molar-refractivity contribution >= 4 is 38.8 Å². The van der Waals surface area contributed by atoms with Gasteiger partial charge in [-0.3, -0.25) is 5.41 Å². The minimum Gasteiger partial charge on any atom is -0.384 e. The van der Waals surface area contributed by atoms with Crippen molar-refractivity contribution in [1.29, 1.82) is 5.41 Å². The van der Waals surface area contributed by atoms with Crippen LogP contribution in [0.2, 0.25) is 0 Å². The molecule has 6 heteroatoms. The first-order valence-electron chi connectivity index (χ1n) is 5.55. The number of benzene rings is 1. The Hall–Kier alpha value is -1.40. The van der Waals surface area contributed by atoms with E-state index in [1.54, 1.807) is 23.5 Å². The highest BCUT2D eigenvalue weighted by Crippen LogP contribution is 2.25. The van der Waals surface area contributed by atoms with Crippen molar-refractivity contribution in [3.05, 3.63) is 50.4 Å². The number of anilines is 1. The fraction of sp³-hybridized carbons (Fsp3) is 0.154. The Bertz CT molecular complexity index is 612. The van der Waals surface area contributed by atoms with Crippen molar-refractivity contribution < 1.29 is 4.39 Å². The van der Waals surface area contributed by atoms with Crippen LogP contribution in [-0.2, 0) is 6.54 Å². The SMILES string of the molecule is CN(Cc1csc(Br)c1)c1ccc(C(=N)N)cc1F. The first-order chi connectivity index (χ1) is 8.97. The van der Waals surface area contributed by atoms with Crippen LogP contribution in [-0.4, -0.2) is 12.9 Å². The average Bonchev–Trinajstić information content (AvgIpc) is 2.74. The molecule has 1 aromatic heterocycles. The summed E-state index contributed by atoms with van der Waals surface area (Å²) in [6, 6.07) is 6.61. The molecule has 0 spiro atoms. The van der Waals surface area contributed by atoms with E-state index >= 15 is 0 Å². The van der Waals surface area contributed by atoms with Crippen molar-refractivity contribution in [3.8, 4) is 0 Å². The third-order valence-electron chi connectivity index (χ3n) is 2.71. The molecule has 19 heavy (non-hydrogen) atoms. The third-order valence-corrected chi connectivity index (χ3v) is 4.26. The van der Waals surface area contributed by atoms with Gasteiger partial charge in [0, 0.05) is 19.2 Å². The largest absolute Gasteiger partial charge is 0.384 e. The summed E-state index contributed by atoms with van der Waals surface area (Å²) in [5.74, 6) is -0.501. The highest BCUT2D eigenvalue weighted by Gasteiger charge is 2.10. The molecule has 1 heterocycles. The first-order valence-corrected chi connectivity index (χ1v) is 7.22. The number of nitrogens with one attached hydrogen (secondary N) is 1. The molecule has 0 aliphatic heterocycles. The van der Waals surface area contributed by atoms with Gasteiger partial charge < -0.3 is 10.6 Å². The summed E-state index contributed by atoms with van der Waals surface area (Å²) in [6.45, 7) is 0.623. The van der Waals surface area contributed by atoms with E-state index in [0.717, 1.165) is 9.35 Å². The molecule has 0 bridgehead atoms. The Labute approximate surface area is 123 Å². The highest BCUT2D eigenvalue weighted by atomic mass is 79.9. The lowest BCUT2D eigenvalue weighted by molar-refractivity contribution is 0.622. The van der Waals surface area contributed by atoms with Gasteiger partial charge in [-0.25, -0.2) is 4.39 Å². The van der Waals surface area contributed by atoms with Gasteiger partial charge in [0.05, 0.1) is 9.47 Å². The minimum absolute atomic E-state index is 0.130. The Balaban J connectivity index is 2.19. The zero-order valence-electron chi connectivity index (χ0n) is 10.3. The average molecular weight is 342 g/mol. The van der Waals surface area contributed by atoms with Crippen molar-refractivity contribution in [1.82, 2.24) is 0 Å². The van der Waals surface area contributed by atoms with Gasteiger partial charge in [-0.15, -0.1) is 11.3 Å². The molecule has 0 saturated carbocycles. The van der Waals surface area contributed by atoms with Crippen LogP contribution in [0.3, 0.4) is 0 Å². The van der Waals surface area contributed by atoms with E-state index in [2.05, 4.69) is 15.9 Å². The molecular weight excluding hydrogens is 329 g/mol. The molecule has 100 valence electrons. The van der Waals surface area contributed by atoms with E-state index in [1.165, 1.54) is 6.07 Å². The molecule has 0 aliphatic carbocycles. The lowest BCUT2D eigenvalue weighted by atomic mass is 10.1. The maximum atomic E-state index is 14.0. The summed E-state index contributed by atoms with van der Waals surface area (Å²) in [5, 5.41) is 9.32. The Morgan fingerprint density at radius 3 is 2.74 bits per heavy atom. The molecular formula is C13H13BrFN3S. The molecule has 0 saturated heterocycles. The van der Waals surface area contributed by atoms with E-state index in [0.29, 0.717) is 17.8 Å². The van der Waals surface area contributed by atoms with Gasteiger partial charge >= 0.3 is 0 Å². The Morgan fingerprint density at radius 2 is 2.21 bits per heavy atom. The van der Waals surface area contributed by atoms with Gasteiger partial charge in [0.15, 0.2) is 0 Å². The van der Waals surface area contributed by atoms with Gasteiger partial charge in [0.1, 0.15) is 11.7 Å². The van der Waals surface area contributed by atoms with Crippen LogP contribution < -0.4 is 10.6 Å². The number of hydrogen-bond donors (Lipinski definition) is 2. The topological polar surface area (TPSA) is 53.1 Å². The molecule has 0 amide bonds. The van der Waals surface area contributed by atoms with Gasteiger partial charge in [-0.05, 0) is 51.1 Å². The van der Waals surface area contributed by atoms with Crippen molar-refractivity contribution in [2.75, 3.05) is 11.9 Å². The normalized spacial score (nSPS) is 10.5. The second-order valence-corrected chi connectivity index (χ2v) is 6.49. The number of amidine groups is 1. The highest BCUT2D eigenvalue weighted by molar-refractivity contribution is 9.11. The summed E-state index contributed by atoms with van der Waals surface area (Å²) >= 11 is 5.01. The predicted octanol–water partition coefficient (Wildman–Crippen LogP) is 3.57. The summed E-state index contributed by atoms with van der Waals surface area (Å²) < 4.78 is 15.0. The molecule has 3 N–H and O–H groups in total. The summed E-state index contributed by atoms with van der Waals surface area (Å²) in [6.07, 6.45) is 0. The molecule has 3 nitrogen and oxygen atoms in total. The van der Waals surface area contributed by atoms with Crippen LogP contribution >= 0.6 is 27.3 Å². The van der Waals surface area contributed by atoms with E-state index < -0.39 is 0 Å². The quantitative estimate of drug-likeness (QED) is 0.659. The number of nitrogen functional groups attached to an aromatic ring is 1. The third kappa shape index (κ3) is 3.33. The van der Waals surface area contributed by atoms with Crippen LogP contribution in [0.5, 0.6) is 0 Å². The van der Waals surface area contributed by atoms with Gasteiger partial charge in [-0.2, -0.15) is 0 Å². The number of thiophene rings is 1. The zero-order chi connectivity index (χ0) is 14.0. The van der Waals surface area contributed by atoms with E-state index in [9.17, 15) is 4.39 Å². The maximum Gasteiger partial charge on any atom is 0.147 e. The number of halogens is 2. The lowest BCUT2D eigenvalue weighted by Crippen LogP contribution is -2.18. The summed E-state index contributed by atoms with van der Waals surface area (Å²) in [4.78, 5) is 1.83. The van der Waals surface area contributed by atoms with E-state index in [4.69, 9.17) is 11.1 Å². The molecule has 1 aromatic carbocycles. The lowest BCUT2D eigenvalue weighted by Gasteiger charge is -2.19. The predicted molar refractivity (Wildman–Crippen MR) is 81.5 cm³/mol. The molecule has 0 aliphatic rings. The van der Waals surface area contributed by atoms with Crippen molar-refractivity contribution in [3.63, 3.8) is 0 Å². The maximum absolute atomic E-state index is 14.0. The van der Waals surface area contributed by atoms with E-state index in [-0.39, 0.29) is 11.7 Å². The fourth-order valence-corrected chi connectivity index (χ4v) is 2.97. The van der Waals surface area contributed by atoms with Gasteiger partial charge in [0.25, 0.3) is 0 Å². The minimum atomic E-state index is -0.371. The number of rotatable bonds is 4. The monoisotopic (exact) mass is 341 g/mol. The molecule has 0 fully saturated rings. The summed E-state index contributed by atoms with van der Waals surface area (Å²) in [7, 11) is 1.83. The van der Waals surface area contributed by atoms with Crippen LogP contribution in [0.1, 0.15) is 11.1 Å². The Kier molecular flexibility index (Phi) is 4.21. The van der Waals surface area contributed by atoms with Crippen molar-refractivity contribution in [2.45, 2.75) is 6.54 Å². The second kappa shape index (κ2) is 5.71. The second-order valence-electron chi connectivity index (χ2n) is 4.19. The summed E-state index contributed by atoms with van der Waals surface area (Å²) in [5.41, 5.74) is 7.34. The number of nitrogens with two attached hydrogens (primary N) is 1. The van der Waals surface area contributed by atoms with Gasteiger partial charge in [0.2, 0.25) is 0 Å². The Morgan fingerprint density at radius 1 is 1.47 bits per heavy atom. The van der Waals surface area contributed by atoms with Crippen LogP contribution in [0.4, 0.5) is 10.1 Å². The smallest absolute Gasteiger partial charge is 0.147 e. The molecule has 0 atom stereocenters. The standard InChI is InChI=1S/C13H13BrFN3S/c1-18(6-8-4-12(14)19-7-8)11-3-2-9(13(16)17)5-10(11)15/h2-5,7H,6H2,1H3,(H3,16,17). The van der Waals surface area contributed by atoms with Crippen LogP contribution in [0.15, 0.2) is 33.4 Å². The molecule has 2 rings (SSSR count). The zero-order valence-corrected chi connectivity index (χ0v) is 12.7. The van der Waals surface area contributed by atoms with Crippen molar-refractivity contribution in [2.24, 2.45) is 5.73 Å². The van der Waals surface area contributed by atoms with Gasteiger partial charge in [-0.1, -0.05) is 0 Å². The fourth-order valence-electron chi connectivity index (χ4n) is 1.77. The number of hydrogen-bond acceptors (Lipinski definition) is 3. The van der Waals surface area contributed by atoms with Crippen LogP contribution in [0.25, 0.3) is 0 Å². The van der Waals surface area contributed by atoms with E-state index in [1.807, 2.05) is 23.4 Å².